The first-order valence-electron chi connectivity index (χ1n) is 51.4. The average molecular weight is 2080 g/mol. The molecule has 50 nitrogen and oxygen atoms in total. The Kier molecular flexibility index (Phi) is 68.8. The van der Waals surface area contributed by atoms with Crippen LogP contribution < -0.4 is 141 Å². The summed E-state index contributed by atoms with van der Waals surface area (Å²) in [6.07, 6.45) is 11.5. The van der Waals surface area contributed by atoms with Gasteiger partial charge in [-0.1, -0.05) is 160 Å². The molecule has 0 aromatic heterocycles. The van der Waals surface area contributed by atoms with Crippen LogP contribution in [0.2, 0.25) is 0 Å². The fourth-order valence-electron chi connectivity index (χ4n) is 15.2. The molecular weight excluding hydrogens is 1900 g/mol. The molecule has 18 atom stereocenters. The van der Waals surface area contributed by atoms with Crippen molar-refractivity contribution in [2.75, 3.05) is 46.1 Å². The molecule has 50 heteroatoms. The van der Waals surface area contributed by atoms with E-state index >= 15 is 0 Å². The first kappa shape index (κ1) is 134. The number of hydrogen-bond donors (Lipinski definition) is 28. The van der Waals surface area contributed by atoms with Crippen molar-refractivity contribution >= 4 is 130 Å². The van der Waals surface area contributed by atoms with Crippen LogP contribution in [0.1, 0.15) is 297 Å². The van der Waals surface area contributed by atoms with E-state index in [9.17, 15) is 111 Å². The van der Waals surface area contributed by atoms with E-state index in [2.05, 4.69) is 113 Å². The maximum absolute atomic E-state index is 14.7. The summed E-state index contributed by atoms with van der Waals surface area (Å²) in [4.78, 5) is 293. The van der Waals surface area contributed by atoms with E-state index in [-0.39, 0.29) is 115 Å². The second kappa shape index (κ2) is 74.9. The highest BCUT2D eigenvalue weighted by molar-refractivity contribution is 6.09. The third-order valence-corrected chi connectivity index (χ3v) is 24.0. The van der Waals surface area contributed by atoms with Crippen LogP contribution in [0, 0.1) is 29.6 Å². The number of carbonyl (C=O) groups is 21. The number of nitrogens with one attached hydrogen (secondary N) is 19. The zero-order chi connectivity index (χ0) is 111. The van der Waals surface area contributed by atoms with Gasteiger partial charge in [0.2, 0.25) is 106 Å². The van der Waals surface area contributed by atoms with E-state index in [1.165, 1.54) is 65.2 Å². The lowest BCUT2D eigenvalue weighted by atomic mass is 9.96. The minimum Gasteiger partial charge on any atom is -0.481 e. The number of aliphatic hydroxyl groups excluding tert-OH is 1. The van der Waals surface area contributed by atoms with Crippen molar-refractivity contribution in [2.45, 2.75) is 400 Å². The number of aliphatic carboxylic acids is 1. The zero-order valence-corrected chi connectivity index (χ0v) is 88.6. The van der Waals surface area contributed by atoms with E-state index in [1.54, 1.807) is 62.3 Å². The topological polar surface area (TPSA) is 822 Å². The number of aliphatic hydroxyl groups is 1. The highest BCUT2D eigenvalue weighted by Gasteiger charge is 2.41. The standard InChI is InChI=1S/C96H177N27O23/c1-17-19-20-21-22-23-24-25-26-27-28-29-30-40-72(127)108-59(13)82(133)121-77(57(11)18-2)93(144)120-76(56(9)10)91(142)114-66(38-34-45-105-52-99)86(137)119-75(55(7)8)92(143)117-68(47-53(3)4)88(139)110-60(14)83(134)122-78(61(15)124)94(145)115-64(36-31-32-43-97)85(136)116-69(48-54(5)6)90(141)112-65(39-35-46-106-96(102)103)84(135)113-67(41-42-74(129)130)87(138)123-79(62(16)125)95(146)118-70(49-71(100)126)89(140)109-58(12)81(132)107-50-73(128)111-63(80(101)131)37-33-44-104-51-98/h53-60,62-70,75-79,104-105,125H,17-52,97-99H2,1-16H3,(H2,100,126)(H2,101,131)(H,107,132)(H,108,127)(H,109,140)(H,110,139)(H,111,128)(H,112,141)(H,113,135)(H,114,142)(H,115,145)(H,116,136)(H,117,143)(H,118,146)(H,119,137)(H,120,144)(H,121,133)(H,122,134)(H,123,138)(H,129,130)(H4,102,103,106). The number of aliphatic imine (C=N–C) groups is 1. The number of carbonyl (C=O) groups excluding carboxylic acids is 20. The Hall–Kier alpha value is -11.9. The normalized spacial score (nSPS) is 15.0. The van der Waals surface area contributed by atoms with Gasteiger partial charge in [0.25, 0.3) is 5.91 Å². The van der Waals surface area contributed by atoms with Gasteiger partial charge in [-0.15, -0.1) is 0 Å². The lowest BCUT2D eigenvalue weighted by molar-refractivity contribution is -0.139. The third-order valence-electron chi connectivity index (χ3n) is 24.0. The van der Waals surface area contributed by atoms with Crippen molar-refractivity contribution in [2.24, 2.45) is 74.7 Å². The zero-order valence-electron chi connectivity index (χ0n) is 88.6. The minimum absolute atomic E-state index is 0.00960. The number of nitrogens with zero attached hydrogens (tertiary/aromatic N) is 1. The summed E-state index contributed by atoms with van der Waals surface area (Å²) in [6, 6.07) is -24.6. The van der Waals surface area contributed by atoms with Crippen LogP contribution in [-0.2, 0) is 101 Å². The molecule has 0 aromatic carbocycles. The van der Waals surface area contributed by atoms with E-state index in [4.69, 9.17) is 40.1 Å². The Bertz CT molecular complexity index is 4160. The summed E-state index contributed by atoms with van der Waals surface area (Å²) in [6.45, 7) is 25.2. The highest BCUT2D eigenvalue weighted by Crippen LogP contribution is 2.19. The number of nitrogens with two attached hydrogens (primary N) is 7. The summed E-state index contributed by atoms with van der Waals surface area (Å²) < 4.78 is 0. The first-order chi connectivity index (χ1) is 68.7. The van der Waals surface area contributed by atoms with Gasteiger partial charge in [-0.25, -0.2) is 0 Å². The Morgan fingerprint density at radius 1 is 0.329 bits per heavy atom. The molecule has 0 aliphatic rings. The average Bonchev–Trinajstić information content (AvgIpc) is 0.818. The third kappa shape index (κ3) is 57.3. The van der Waals surface area contributed by atoms with E-state index in [0.29, 0.717) is 32.4 Å². The van der Waals surface area contributed by atoms with Crippen molar-refractivity contribution in [3.63, 3.8) is 0 Å². The molecule has 0 bridgehead atoms. The summed E-state index contributed by atoms with van der Waals surface area (Å²) >= 11 is 0. The van der Waals surface area contributed by atoms with Crippen molar-refractivity contribution in [1.29, 1.82) is 0 Å². The molecule has 834 valence electrons. The quantitative estimate of drug-likeness (QED) is 0.00903. The van der Waals surface area contributed by atoms with Gasteiger partial charge < -0.3 is 151 Å². The summed E-state index contributed by atoms with van der Waals surface area (Å²) in [5, 5.41) is 69.0. The van der Waals surface area contributed by atoms with Crippen LogP contribution in [0.3, 0.4) is 0 Å². The summed E-state index contributed by atoms with van der Waals surface area (Å²) in [7, 11) is 0. The van der Waals surface area contributed by atoms with Crippen molar-refractivity contribution < 1.29 is 111 Å². The maximum atomic E-state index is 14.7. The molecule has 35 N–H and O–H groups in total. The van der Waals surface area contributed by atoms with Crippen LogP contribution in [-0.4, -0.2) is 289 Å². The van der Waals surface area contributed by atoms with Gasteiger partial charge in [0, 0.05) is 32.7 Å². The lowest BCUT2D eigenvalue weighted by Gasteiger charge is -2.31. The minimum atomic E-state index is -2.07. The fourth-order valence-corrected chi connectivity index (χ4v) is 15.2. The molecule has 0 rings (SSSR count). The van der Waals surface area contributed by atoms with Gasteiger partial charge in [-0.05, 0) is 167 Å². The van der Waals surface area contributed by atoms with Crippen LogP contribution in [0.25, 0.3) is 0 Å². The number of Topliss-reactive ketones (excluding diaryl/α,β-unsaturated/α-hetero) is 1. The molecule has 0 aliphatic heterocycles. The maximum Gasteiger partial charge on any atom is 0.303 e. The molecular formula is C96H177N27O23. The number of ketones is 1. The number of hydrogen-bond acceptors (Lipinski definition) is 28. The number of guanidine groups is 1. The molecule has 0 radical (unpaired) electrons. The fraction of sp³-hybridized carbons (Fsp3) is 0.771. The van der Waals surface area contributed by atoms with Crippen molar-refractivity contribution in [3.05, 3.63) is 0 Å². The number of carboxylic acids is 1. The molecule has 0 saturated carbocycles. The number of primary amides is 2. The predicted molar refractivity (Wildman–Crippen MR) is 547 cm³/mol. The van der Waals surface area contributed by atoms with Crippen LogP contribution in [0.15, 0.2) is 4.99 Å². The van der Waals surface area contributed by atoms with Gasteiger partial charge in [-0.2, -0.15) is 0 Å². The Labute approximate surface area is 858 Å². The molecule has 0 heterocycles. The smallest absolute Gasteiger partial charge is 0.303 e. The largest absolute Gasteiger partial charge is 0.481 e. The molecule has 146 heavy (non-hydrogen) atoms. The van der Waals surface area contributed by atoms with E-state index in [1.807, 2.05) is 6.92 Å². The van der Waals surface area contributed by atoms with Crippen LogP contribution in [0.4, 0.5) is 0 Å². The lowest BCUT2D eigenvalue weighted by Crippen LogP contribution is -2.62. The Balaban J connectivity index is 6.95. The molecule has 0 spiro atoms. The number of amides is 19. The number of unbranched alkanes of at least 4 members (excludes halogenated alkanes) is 13. The monoisotopic (exact) mass is 2080 g/mol. The molecule has 0 aliphatic carbocycles. The van der Waals surface area contributed by atoms with E-state index in [0.717, 1.165) is 46.5 Å². The van der Waals surface area contributed by atoms with Gasteiger partial charge in [0.05, 0.1) is 19.1 Å². The predicted octanol–water partition coefficient (Wildman–Crippen LogP) is -4.20. The Morgan fingerprint density at radius 3 is 1.14 bits per heavy atom. The first-order valence-corrected chi connectivity index (χ1v) is 51.4. The molecule has 0 fully saturated rings. The molecule has 19 amide bonds. The summed E-state index contributed by atoms with van der Waals surface area (Å²) in [5.74, 6) is -23.6. The van der Waals surface area contributed by atoms with Gasteiger partial charge in [-0.3, -0.25) is 106 Å². The van der Waals surface area contributed by atoms with Crippen LogP contribution in [0.5, 0.6) is 0 Å². The highest BCUT2D eigenvalue weighted by atomic mass is 16.4. The molecule has 18 unspecified atom stereocenters. The second-order valence-corrected chi connectivity index (χ2v) is 38.8. The van der Waals surface area contributed by atoms with E-state index < -0.39 is 270 Å². The van der Waals surface area contributed by atoms with Crippen molar-refractivity contribution in [3.8, 4) is 0 Å². The molecule has 0 aromatic rings. The number of carboxylic acid groups (broad SMARTS) is 1. The van der Waals surface area contributed by atoms with Gasteiger partial charge in [0.1, 0.15) is 90.6 Å². The Morgan fingerprint density at radius 2 is 0.699 bits per heavy atom. The van der Waals surface area contributed by atoms with Gasteiger partial charge in [0.15, 0.2) is 17.8 Å². The number of rotatable bonds is 81. The van der Waals surface area contributed by atoms with Crippen LogP contribution >= 0.6 is 0 Å². The second-order valence-electron chi connectivity index (χ2n) is 38.8. The SMILES string of the molecule is CCCCCCCCCCCCCCCC(=O)NC(C)C(=O)NC(C(=O)NC(C(=O)NC(CCCNCN)C(=O)NC(C(=O)NC(CC(C)C)C(=O)NC(C)C(=O)NC(C(C)=O)C(=O)NC(CCCCN)C(=O)NC(CC(C)C)C(=O)NC(CCCN=C(N)N)C(=O)NC(CCC(=O)O)C(=O)NC(C(=O)NC(CC(N)=O)C(=O)NC(C)C(=O)NCC(=O)NC(CCCNCN)C(N)=O)C(C)O)C(C)C)C(C)C)C(C)CC. The molecule has 0 saturated heterocycles. The van der Waals surface area contributed by atoms with Gasteiger partial charge >= 0.3 is 5.97 Å². The summed E-state index contributed by atoms with van der Waals surface area (Å²) in [5.41, 5.74) is 38.9. The van der Waals surface area contributed by atoms with Crippen molar-refractivity contribution in [1.82, 2.24) is 101 Å².